The van der Waals surface area contributed by atoms with Gasteiger partial charge >= 0.3 is 0 Å². The summed E-state index contributed by atoms with van der Waals surface area (Å²) in [5.41, 5.74) is 1.68. The molecule has 20 heavy (non-hydrogen) atoms. The van der Waals surface area contributed by atoms with Crippen LogP contribution < -0.4 is 5.32 Å². The van der Waals surface area contributed by atoms with Gasteiger partial charge in [0.05, 0.1) is 0 Å². The number of aryl methyl sites for hydroxylation is 2. The predicted octanol–water partition coefficient (Wildman–Crippen LogP) is 3.06. The van der Waals surface area contributed by atoms with Crippen LogP contribution >= 0.6 is 0 Å². The topological polar surface area (TPSA) is 29.9 Å². The zero-order valence-electron chi connectivity index (χ0n) is 12.4. The molecule has 0 bridgehead atoms. The van der Waals surface area contributed by atoms with Gasteiger partial charge in [-0.2, -0.15) is 0 Å². The van der Waals surface area contributed by atoms with Crippen molar-refractivity contribution in [1.29, 1.82) is 0 Å². The van der Waals surface area contributed by atoms with Crippen molar-refractivity contribution in [2.24, 2.45) is 5.92 Å². The second-order valence-corrected chi connectivity index (χ2v) is 5.45. The molecule has 2 rings (SSSR count). The molecular formula is C16H22FN3. The van der Waals surface area contributed by atoms with Crippen molar-refractivity contribution in [2.45, 2.75) is 33.9 Å². The Morgan fingerprint density at radius 2 is 2.15 bits per heavy atom. The highest BCUT2D eigenvalue weighted by molar-refractivity contribution is 5.23. The third-order valence-corrected chi connectivity index (χ3v) is 3.49. The second-order valence-electron chi connectivity index (χ2n) is 5.45. The number of nitrogens with zero attached hydrogens (tertiary/aromatic N) is 2. The van der Waals surface area contributed by atoms with E-state index in [1.54, 1.807) is 13.0 Å². The number of aromatic nitrogens is 2. The molecule has 108 valence electrons. The van der Waals surface area contributed by atoms with Gasteiger partial charge in [0.25, 0.3) is 0 Å². The quantitative estimate of drug-likeness (QED) is 0.878. The molecule has 4 heteroatoms. The number of benzene rings is 1. The van der Waals surface area contributed by atoms with Gasteiger partial charge in [0, 0.05) is 25.5 Å². The molecule has 0 aliphatic heterocycles. The van der Waals surface area contributed by atoms with Crippen LogP contribution in [0.25, 0.3) is 0 Å². The summed E-state index contributed by atoms with van der Waals surface area (Å²) in [7, 11) is 0. The molecule has 0 amide bonds. The van der Waals surface area contributed by atoms with E-state index in [-0.39, 0.29) is 5.82 Å². The number of rotatable bonds is 6. The molecule has 0 fully saturated rings. The first-order valence-corrected chi connectivity index (χ1v) is 6.99. The van der Waals surface area contributed by atoms with Crippen molar-refractivity contribution >= 4 is 0 Å². The van der Waals surface area contributed by atoms with E-state index in [4.69, 9.17) is 0 Å². The van der Waals surface area contributed by atoms with E-state index in [0.29, 0.717) is 18.0 Å². The zero-order chi connectivity index (χ0) is 14.5. The number of halogens is 1. The van der Waals surface area contributed by atoms with Gasteiger partial charge in [-0.15, -0.1) is 0 Å². The molecule has 0 aliphatic rings. The van der Waals surface area contributed by atoms with E-state index in [0.717, 1.165) is 24.5 Å². The molecule has 0 spiro atoms. The van der Waals surface area contributed by atoms with Crippen LogP contribution in [0.3, 0.4) is 0 Å². The van der Waals surface area contributed by atoms with Crippen molar-refractivity contribution in [3.05, 3.63) is 53.4 Å². The molecule has 1 atom stereocenters. The summed E-state index contributed by atoms with van der Waals surface area (Å²) in [6, 6.07) is 5.40. The fraction of sp³-hybridized carbons (Fsp3) is 0.438. The van der Waals surface area contributed by atoms with Crippen LogP contribution in [0.1, 0.15) is 23.9 Å². The lowest BCUT2D eigenvalue weighted by Gasteiger charge is -2.14. The predicted molar refractivity (Wildman–Crippen MR) is 79.0 cm³/mol. The average molecular weight is 275 g/mol. The first-order valence-electron chi connectivity index (χ1n) is 6.99. The van der Waals surface area contributed by atoms with Gasteiger partial charge in [-0.3, -0.25) is 0 Å². The first-order chi connectivity index (χ1) is 9.56. The van der Waals surface area contributed by atoms with Gasteiger partial charge in [0.1, 0.15) is 11.6 Å². The molecule has 0 aliphatic carbocycles. The van der Waals surface area contributed by atoms with Crippen LogP contribution in [0, 0.1) is 25.6 Å². The van der Waals surface area contributed by atoms with Crippen molar-refractivity contribution < 1.29 is 4.39 Å². The summed E-state index contributed by atoms with van der Waals surface area (Å²) in [6.45, 7) is 8.53. The zero-order valence-corrected chi connectivity index (χ0v) is 12.4. The number of hydrogen-bond donors (Lipinski definition) is 1. The Morgan fingerprint density at radius 3 is 2.80 bits per heavy atom. The van der Waals surface area contributed by atoms with Gasteiger partial charge in [-0.25, -0.2) is 9.37 Å². The maximum Gasteiger partial charge on any atom is 0.126 e. The molecule has 3 nitrogen and oxygen atoms in total. The SMILES string of the molecule is Cc1ccc(CNCC(C)Cn2ccnc2C)cc1F. The van der Waals surface area contributed by atoms with Crippen molar-refractivity contribution in [1.82, 2.24) is 14.9 Å². The highest BCUT2D eigenvalue weighted by Gasteiger charge is 2.05. The number of nitrogens with one attached hydrogen (secondary N) is 1. The van der Waals surface area contributed by atoms with Crippen LogP contribution in [-0.4, -0.2) is 16.1 Å². The molecule has 1 aromatic heterocycles. The Kier molecular flexibility index (Phi) is 4.90. The second kappa shape index (κ2) is 6.66. The Balaban J connectivity index is 1.77. The van der Waals surface area contributed by atoms with E-state index in [1.165, 1.54) is 0 Å². The maximum absolute atomic E-state index is 13.4. The summed E-state index contributed by atoms with van der Waals surface area (Å²) in [6.07, 6.45) is 3.83. The smallest absolute Gasteiger partial charge is 0.126 e. The molecule has 0 radical (unpaired) electrons. The lowest BCUT2D eigenvalue weighted by Crippen LogP contribution is -2.24. The van der Waals surface area contributed by atoms with E-state index >= 15 is 0 Å². The first kappa shape index (κ1) is 14.7. The fourth-order valence-corrected chi connectivity index (χ4v) is 2.21. The minimum absolute atomic E-state index is 0.133. The summed E-state index contributed by atoms with van der Waals surface area (Å²) < 4.78 is 15.6. The molecular weight excluding hydrogens is 253 g/mol. The van der Waals surface area contributed by atoms with Crippen molar-refractivity contribution in [3.63, 3.8) is 0 Å². The average Bonchev–Trinajstić information content (AvgIpc) is 2.79. The Labute approximate surface area is 119 Å². The van der Waals surface area contributed by atoms with E-state index in [1.807, 2.05) is 31.5 Å². The van der Waals surface area contributed by atoms with Crippen molar-refractivity contribution in [3.8, 4) is 0 Å². The van der Waals surface area contributed by atoms with Crippen LogP contribution in [0.15, 0.2) is 30.6 Å². The minimum atomic E-state index is -0.133. The van der Waals surface area contributed by atoms with Gasteiger partial charge in [-0.05, 0) is 43.5 Å². The van der Waals surface area contributed by atoms with Crippen LogP contribution in [-0.2, 0) is 13.1 Å². The summed E-state index contributed by atoms with van der Waals surface area (Å²) in [5.74, 6) is 1.40. The minimum Gasteiger partial charge on any atom is -0.335 e. The summed E-state index contributed by atoms with van der Waals surface area (Å²) >= 11 is 0. The highest BCUT2D eigenvalue weighted by atomic mass is 19.1. The molecule has 1 aromatic carbocycles. The van der Waals surface area contributed by atoms with Gasteiger partial charge < -0.3 is 9.88 Å². The molecule has 0 saturated heterocycles. The lowest BCUT2D eigenvalue weighted by molar-refractivity contribution is 0.440. The Hall–Kier alpha value is -1.68. The van der Waals surface area contributed by atoms with E-state index < -0.39 is 0 Å². The van der Waals surface area contributed by atoms with Crippen LogP contribution in [0.2, 0.25) is 0 Å². The molecule has 1 heterocycles. The van der Waals surface area contributed by atoms with Gasteiger partial charge in [0.2, 0.25) is 0 Å². The van der Waals surface area contributed by atoms with Gasteiger partial charge in [-0.1, -0.05) is 19.1 Å². The largest absolute Gasteiger partial charge is 0.335 e. The number of hydrogen-bond acceptors (Lipinski definition) is 2. The van der Waals surface area contributed by atoms with Crippen LogP contribution in [0.5, 0.6) is 0 Å². The van der Waals surface area contributed by atoms with Crippen molar-refractivity contribution in [2.75, 3.05) is 6.54 Å². The molecule has 1 N–H and O–H groups in total. The fourth-order valence-electron chi connectivity index (χ4n) is 2.21. The third-order valence-electron chi connectivity index (χ3n) is 3.49. The molecule has 1 unspecified atom stereocenters. The van der Waals surface area contributed by atoms with Gasteiger partial charge in [0.15, 0.2) is 0 Å². The monoisotopic (exact) mass is 275 g/mol. The normalized spacial score (nSPS) is 12.6. The summed E-state index contributed by atoms with van der Waals surface area (Å²) in [4.78, 5) is 4.22. The lowest BCUT2D eigenvalue weighted by atomic mass is 10.1. The summed E-state index contributed by atoms with van der Waals surface area (Å²) in [5, 5.41) is 3.38. The van der Waals surface area contributed by atoms with E-state index in [9.17, 15) is 4.39 Å². The van der Waals surface area contributed by atoms with Crippen LogP contribution in [0.4, 0.5) is 4.39 Å². The number of imidazole rings is 1. The standard InChI is InChI=1S/C16H22FN3/c1-12(11-20-7-6-19-14(20)3)9-18-10-15-5-4-13(2)16(17)8-15/h4-8,12,18H,9-11H2,1-3H3. The third kappa shape index (κ3) is 3.90. The molecule has 0 saturated carbocycles. The maximum atomic E-state index is 13.4. The highest BCUT2D eigenvalue weighted by Crippen LogP contribution is 2.09. The molecule has 2 aromatic rings. The Bertz CT molecular complexity index is 563. The van der Waals surface area contributed by atoms with E-state index in [2.05, 4.69) is 21.8 Å². The Morgan fingerprint density at radius 1 is 1.35 bits per heavy atom.